The van der Waals surface area contributed by atoms with Crippen LogP contribution in [0.2, 0.25) is 0 Å². The van der Waals surface area contributed by atoms with E-state index in [4.69, 9.17) is 0 Å². The van der Waals surface area contributed by atoms with Crippen LogP contribution in [0.4, 0.5) is 0 Å². The van der Waals surface area contributed by atoms with E-state index in [1.165, 1.54) is 161 Å². The summed E-state index contributed by atoms with van der Waals surface area (Å²) in [5, 5.41) is 33.5. The Kier molecular flexibility index (Phi) is 39.6. The van der Waals surface area contributed by atoms with Crippen molar-refractivity contribution in [3.8, 4) is 0 Å². The summed E-state index contributed by atoms with van der Waals surface area (Å²) >= 11 is 0. The fraction of sp³-hybridized carbons (Fsp3) is 0.889. The van der Waals surface area contributed by atoms with Gasteiger partial charge in [-0.25, -0.2) is 0 Å². The number of allylic oxidation sites excluding steroid dienone is 4. The second kappa shape index (κ2) is 40.6. The molecule has 0 aromatic carbocycles. The Morgan fingerprint density at radius 3 is 1.16 bits per heavy atom. The average molecular weight is 706 g/mol. The largest absolute Gasteiger partial charge is 0.394 e. The molecule has 3 atom stereocenters. The minimum atomic E-state index is -1.16. The van der Waals surface area contributed by atoms with E-state index in [9.17, 15) is 20.1 Å². The zero-order chi connectivity index (χ0) is 36.6. The van der Waals surface area contributed by atoms with Gasteiger partial charge in [0.25, 0.3) is 0 Å². The van der Waals surface area contributed by atoms with Crippen molar-refractivity contribution in [2.45, 2.75) is 250 Å². The highest BCUT2D eigenvalue weighted by molar-refractivity contribution is 5.76. The molecule has 0 radical (unpaired) electrons. The summed E-state index contributed by atoms with van der Waals surface area (Å²) in [6.07, 6.45) is 48.6. The Bertz CT molecular complexity index is 739. The number of nitrogens with one attached hydrogen (secondary N) is 1. The molecule has 0 saturated carbocycles. The highest BCUT2D eigenvalue weighted by Gasteiger charge is 2.26. The van der Waals surface area contributed by atoms with E-state index in [0.717, 1.165) is 44.9 Å². The second-order valence-electron chi connectivity index (χ2n) is 15.2. The molecule has 0 aliphatic carbocycles. The minimum absolute atomic E-state index is 0.162. The Labute approximate surface area is 312 Å². The van der Waals surface area contributed by atoms with Gasteiger partial charge in [0, 0.05) is 6.42 Å². The van der Waals surface area contributed by atoms with Crippen LogP contribution in [0.25, 0.3) is 0 Å². The smallest absolute Gasteiger partial charge is 0.220 e. The molecule has 0 aromatic heterocycles. The van der Waals surface area contributed by atoms with E-state index in [-0.39, 0.29) is 12.5 Å². The normalized spacial score (nSPS) is 13.8. The number of carbonyl (C=O) groups excluding carboxylic acids is 1. The molecule has 0 heterocycles. The lowest BCUT2D eigenvalue weighted by atomic mass is 10.0. The molecule has 1 amide bonds. The van der Waals surface area contributed by atoms with Crippen LogP contribution < -0.4 is 5.32 Å². The molecular weight excluding hydrogens is 618 g/mol. The Balaban J connectivity index is 3.67. The summed E-state index contributed by atoms with van der Waals surface area (Å²) in [6, 6.07) is -0.828. The van der Waals surface area contributed by atoms with Gasteiger partial charge < -0.3 is 20.6 Å². The van der Waals surface area contributed by atoms with Crippen LogP contribution in [0, 0.1) is 0 Å². The van der Waals surface area contributed by atoms with E-state index in [1.54, 1.807) is 0 Å². The summed E-state index contributed by atoms with van der Waals surface area (Å²) in [4.78, 5) is 12.4. The molecule has 296 valence electrons. The monoisotopic (exact) mass is 706 g/mol. The van der Waals surface area contributed by atoms with E-state index in [1.807, 2.05) is 0 Å². The van der Waals surface area contributed by atoms with Gasteiger partial charge in [0.1, 0.15) is 6.10 Å². The molecule has 0 rings (SSSR count). The molecule has 0 aliphatic heterocycles. The number of aliphatic hydroxyl groups excluding tert-OH is 3. The first-order valence-corrected chi connectivity index (χ1v) is 22.1. The predicted molar refractivity (Wildman–Crippen MR) is 218 cm³/mol. The van der Waals surface area contributed by atoms with Crippen molar-refractivity contribution in [1.29, 1.82) is 0 Å². The van der Waals surface area contributed by atoms with Crippen molar-refractivity contribution in [3.05, 3.63) is 24.3 Å². The van der Waals surface area contributed by atoms with Crippen LogP contribution >= 0.6 is 0 Å². The van der Waals surface area contributed by atoms with Gasteiger partial charge in [0.15, 0.2) is 0 Å². The number of aliphatic hydroxyl groups is 3. The molecule has 50 heavy (non-hydrogen) atoms. The number of rotatable bonds is 40. The maximum atomic E-state index is 12.4. The second-order valence-corrected chi connectivity index (χ2v) is 15.2. The molecule has 0 fully saturated rings. The Morgan fingerprint density at radius 2 is 0.800 bits per heavy atom. The molecule has 0 aliphatic rings. The fourth-order valence-electron chi connectivity index (χ4n) is 6.80. The maximum absolute atomic E-state index is 12.4. The van der Waals surface area contributed by atoms with Crippen LogP contribution in [0.1, 0.15) is 232 Å². The minimum Gasteiger partial charge on any atom is -0.394 e. The zero-order valence-corrected chi connectivity index (χ0v) is 33.5. The van der Waals surface area contributed by atoms with Gasteiger partial charge in [-0.2, -0.15) is 0 Å². The van der Waals surface area contributed by atoms with Crippen LogP contribution in [-0.2, 0) is 4.79 Å². The number of carbonyl (C=O) groups is 1. The van der Waals surface area contributed by atoms with Gasteiger partial charge in [-0.15, -0.1) is 0 Å². The third kappa shape index (κ3) is 35.2. The summed E-state index contributed by atoms with van der Waals surface area (Å²) in [5.74, 6) is -0.162. The SMILES string of the molecule is CCCCCCCCC/C=C\CCCCCCCC(=O)NC(CO)C(O)C(O)CCC/C=C/CCCCCCCCCCCCCCCCC. The standard InChI is InChI=1S/C45H87NO4/c1-3-5-7-9-11-13-15-17-19-21-22-23-24-25-27-29-31-33-35-37-39-43(48)45(50)42(41-47)46-44(49)40-38-36-34-32-30-28-26-20-18-16-14-12-10-8-6-4-2/h20,26,31,33,42-43,45,47-48,50H,3-19,21-25,27-30,32,34-41H2,1-2H3,(H,46,49)/b26-20-,33-31+. The summed E-state index contributed by atoms with van der Waals surface area (Å²) in [7, 11) is 0. The Morgan fingerprint density at radius 1 is 0.480 bits per heavy atom. The van der Waals surface area contributed by atoms with Gasteiger partial charge in [0.2, 0.25) is 5.91 Å². The van der Waals surface area contributed by atoms with Crippen molar-refractivity contribution in [3.63, 3.8) is 0 Å². The van der Waals surface area contributed by atoms with Gasteiger partial charge in [-0.3, -0.25) is 4.79 Å². The molecule has 3 unspecified atom stereocenters. The zero-order valence-electron chi connectivity index (χ0n) is 33.5. The summed E-state index contributed by atoms with van der Waals surface area (Å²) in [5.41, 5.74) is 0. The number of hydrogen-bond donors (Lipinski definition) is 4. The lowest BCUT2D eigenvalue weighted by Crippen LogP contribution is -2.50. The molecule has 5 heteroatoms. The predicted octanol–water partition coefficient (Wildman–Crippen LogP) is 12.6. The fourth-order valence-corrected chi connectivity index (χ4v) is 6.80. The van der Waals surface area contributed by atoms with Gasteiger partial charge in [-0.05, 0) is 64.2 Å². The number of unbranched alkanes of at least 4 members (excludes halogenated alkanes) is 28. The maximum Gasteiger partial charge on any atom is 0.220 e. The van der Waals surface area contributed by atoms with Gasteiger partial charge in [-0.1, -0.05) is 186 Å². The third-order valence-electron chi connectivity index (χ3n) is 10.3. The van der Waals surface area contributed by atoms with Crippen molar-refractivity contribution in [1.82, 2.24) is 5.32 Å². The lowest BCUT2D eigenvalue weighted by molar-refractivity contribution is -0.124. The molecule has 0 saturated heterocycles. The van der Waals surface area contributed by atoms with Gasteiger partial charge in [0.05, 0.1) is 18.8 Å². The van der Waals surface area contributed by atoms with Crippen molar-refractivity contribution < 1.29 is 20.1 Å². The first-order chi connectivity index (χ1) is 24.6. The van der Waals surface area contributed by atoms with Crippen LogP contribution in [0.3, 0.4) is 0 Å². The quantitative estimate of drug-likeness (QED) is 0.0377. The number of hydrogen-bond acceptors (Lipinski definition) is 4. The van der Waals surface area contributed by atoms with E-state index in [0.29, 0.717) is 12.8 Å². The lowest BCUT2D eigenvalue weighted by Gasteiger charge is -2.26. The average Bonchev–Trinajstić information content (AvgIpc) is 3.12. The molecule has 0 aromatic rings. The van der Waals surface area contributed by atoms with Crippen LogP contribution in [0.15, 0.2) is 24.3 Å². The van der Waals surface area contributed by atoms with Crippen LogP contribution in [0.5, 0.6) is 0 Å². The number of amides is 1. The Hall–Kier alpha value is -1.17. The highest BCUT2D eigenvalue weighted by atomic mass is 16.3. The third-order valence-corrected chi connectivity index (χ3v) is 10.3. The van der Waals surface area contributed by atoms with Crippen molar-refractivity contribution >= 4 is 5.91 Å². The van der Waals surface area contributed by atoms with E-state index >= 15 is 0 Å². The first-order valence-electron chi connectivity index (χ1n) is 22.1. The molecule has 0 bridgehead atoms. The first kappa shape index (κ1) is 48.8. The summed E-state index contributed by atoms with van der Waals surface area (Å²) < 4.78 is 0. The highest BCUT2D eigenvalue weighted by Crippen LogP contribution is 2.15. The van der Waals surface area contributed by atoms with Crippen LogP contribution in [-0.4, -0.2) is 46.1 Å². The topological polar surface area (TPSA) is 89.8 Å². The molecule has 4 N–H and O–H groups in total. The van der Waals surface area contributed by atoms with Crippen molar-refractivity contribution in [2.24, 2.45) is 0 Å². The van der Waals surface area contributed by atoms with E-state index in [2.05, 4.69) is 43.5 Å². The molecular formula is C45H87NO4. The molecule has 5 nitrogen and oxygen atoms in total. The summed E-state index contributed by atoms with van der Waals surface area (Å²) in [6.45, 7) is 4.17. The molecule has 0 spiro atoms. The van der Waals surface area contributed by atoms with Crippen molar-refractivity contribution in [2.75, 3.05) is 6.61 Å². The van der Waals surface area contributed by atoms with E-state index < -0.39 is 18.2 Å². The van der Waals surface area contributed by atoms with Gasteiger partial charge >= 0.3 is 0 Å².